The second-order valence-corrected chi connectivity index (χ2v) is 7.52. The molecule has 0 spiro atoms. The normalized spacial score (nSPS) is 20.8. The molecule has 1 aromatic heterocycles. The number of aryl methyl sites for hydroxylation is 1. The van der Waals surface area contributed by atoms with E-state index in [1.807, 2.05) is 43.3 Å². The molecule has 1 atom stereocenters. The SMILES string of the molecule is Cc1ccccc1C1CC(=O)N2CN(Cc3ccco3)CSC2=C1C#N. The molecule has 1 aromatic carbocycles. The molecule has 0 radical (unpaired) electrons. The second kappa shape index (κ2) is 7.02. The first-order valence-corrected chi connectivity index (χ1v) is 9.53. The minimum Gasteiger partial charge on any atom is -0.468 e. The summed E-state index contributed by atoms with van der Waals surface area (Å²) in [5.41, 5.74) is 2.90. The van der Waals surface area contributed by atoms with Crippen molar-refractivity contribution in [3.05, 3.63) is 70.2 Å². The number of hydrogen-bond acceptors (Lipinski definition) is 5. The van der Waals surface area contributed by atoms with Crippen LogP contribution in [0, 0.1) is 18.3 Å². The number of nitrogens with zero attached hydrogens (tertiary/aromatic N) is 3. The van der Waals surface area contributed by atoms with Crippen LogP contribution in [0.3, 0.4) is 0 Å². The average molecular weight is 365 g/mol. The molecule has 4 rings (SSSR count). The Morgan fingerprint density at radius 3 is 2.88 bits per heavy atom. The maximum Gasteiger partial charge on any atom is 0.229 e. The van der Waals surface area contributed by atoms with Gasteiger partial charge in [0.2, 0.25) is 5.91 Å². The molecule has 5 nitrogen and oxygen atoms in total. The molecule has 2 aliphatic heterocycles. The van der Waals surface area contributed by atoms with Gasteiger partial charge in [0.05, 0.1) is 42.0 Å². The zero-order chi connectivity index (χ0) is 18.1. The number of rotatable bonds is 3. The lowest BCUT2D eigenvalue weighted by Gasteiger charge is -2.41. The summed E-state index contributed by atoms with van der Waals surface area (Å²) < 4.78 is 5.41. The molecular weight excluding hydrogens is 346 g/mol. The Labute approximate surface area is 156 Å². The van der Waals surface area contributed by atoms with Crippen LogP contribution in [0.1, 0.15) is 29.2 Å². The lowest BCUT2D eigenvalue weighted by molar-refractivity contribution is -0.132. The monoisotopic (exact) mass is 365 g/mol. The summed E-state index contributed by atoms with van der Waals surface area (Å²) >= 11 is 1.56. The Balaban J connectivity index is 1.63. The van der Waals surface area contributed by atoms with Gasteiger partial charge >= 0.3 is 0 Å². The van der Waals surface area contributed by atoms with Gasteiger partial charge in [-0.15, -0.1) is 0 Å². The fraction of sp³-hybridized carbons (Fsp3) is 0.300. The van der Waals surface area contributed by atoms with Gasteiger partial charge in [-0.05, 0) is 30.2 Å². The number of benzene rings is 1. The van der Waals surface area contributed by atoms with Crippen LogP contribution in [0.25, 0.3) is 0 Å². The van der Waals surface area contributed by atoms with Gasteiger partial charge in [0.15, 0.2) is 0 Å². The number of hydrogen-bond donors (Lipinski definition) is 0. The maximum atomic E-state index is 12.9. The van der Waals surface area contributed by atoms with Gasteiger partial charge < -0.3 is 4.42 Å². The molecule has 2 aromatic rings. The standard InChI is InChI=1S/C20H19N3O2S/c1-14-5-2-3-7-16(14)17-9-19(24)23-12-22(11-15-6-4-8-25-15)13-26-20(23)18(17)10-21/h2-8,17H,9,11-13H2,1H3. The summed E-state index contributed by atoms with van der Waals surface area (Å²) in [5, 5.41) is 10.6. The van der Waals surface area contributed by atoms with Crippen molar-refractivity contribution in [2.24, 2.45) is 0 Å². The number of amides is 1. The summed E-state index contributed by atoms with van der Waals surface area (Å²) in [5.74, 6) is 1.53. The van der Waals surface area contributed by atoms with Crippen LogP contribution in [0.15, 0.2) is 57.7 Å². The number of fused-ring (bicyclic) bond motifs is 1. The zero-order valence-electron chi connectivity index (χ0n) is 14.5. The molecule has 26 heavy (non-hydrogen) atoms. The van der Waals surface area contributed by atoms with Gasteiger partial charge in [0.1, 0.15) is 5.76 Å². The first-order valence-electron chi connectivity index (χ1n) is 8.55. The fourth-order valence-electron chi connectivity index (χ4n) is 3.57. The van der Waals surface area contributed by atoms with Crippen molar-refractivity contribution < 1.29 is 9.21 Å². The lowest BCUT2D eigenvalue weighted by atomic mass is 9.84. The number of nitriles is 1. The number of thioether (sulfide) groups is 1. The van der Waals surface area contributed by atoms with Crippen molar-refractivity contribution in [2.75, 3.05) is 12.5 Å². The van der Waals surface area contributed by atoms with Gasteiger partial charge in [-0.25, -0.2) is 0 Å². The first-order chi connectivity index (χ1) is 12.7. The molecule has 0 N–H and O–H groups in total. The average Bonchev–Trinajstić information content (AvgIpc) is 3.15. The first kappa shape index (κ1) is 17.0. The summed E-state index contributed by atoms with van der Waals surface area (Å²) in [6.45, 7) is 3.18. The molecule has 0 bridgehead atoms. The van der Waals surface area contributed by atoms with E-state index in [4.69, 9.17) is 4.42 Å². The second-order valence-electron chi connectivity index (χ2n) is 6.59. The third-order valence-electron chi connectivity index (χ3n) is 4.87. The van der Waals surface area contributed by atoms with Crippen LogP contribution in [0.2, 0.25) is 0 Å². The predicted molar refractivity (Wildman–Crippen MR) is 99.6 cm³/mol. The molecule has 132 valence electrons. The summed E-state index contributed by atoms with van der Waals surface area (Å²) in [6.07, 6.45) is 2.00. The Kier molecular flexibility index (Phi) is 4.58. The van der Waals surface area contributed by atoms with Crippen LogP contribution in [-0.4, -0.2) is 28.3 Å². The largest absolute Gasteiger partial charge is 0.468 e. The van der Waals surface area contributed by atoms with E-state index in [0.29, 0.717) is 25.2 Å². The van der Waals surface area contributed by atoms with Crippen LogP contribution in [0.4, 0.5) is 0 Å². The highest BCUT2D eigenvalue weighted by molar-refractivity contribution is 8.03. The third kappa shape index (κ3) is 3.05. The highest BCUT2D eigenvalue weighted by atomic mass is 32.2. The van der Waals surface area contributed by atoms with Crippen molar-refractivity contribution in [2.45, 2.75) is 25.8 Å². The van der Waals surface area contributed by atoms with Gasteiger partial charge in [0.25, 0.3) is 0 Å². The van der Waals surface area contributed by atoms with E-state index in [-0.39, 0.29) is 11.8 Å². The van der Waals surface area contributed by atoms with E-state index in [1.54, 1.807) is 22.9 Å². The molecule has 0 saturated carbocycles. The molecule has 3 heterocycles. The summed E-state index contributed by atoms with van der Waals surface area (Å²) in [4.78, 5) is 16.8. The van der Waals surface area contributed by atoms with Crippen molar-refractivity contribution in [3.63, 3.8) is 0 Å². The fourth-order valence-corrected chi connectivity index (χ4v) is 4.71. The Morgan fingerprint density at radius 1 is 1.31 bits per heavy atom. The highest BCUT2D eigenvalue weighted by Crippen LogP contribution is 2.43. The van der Waals surface area contributed by atoms with E-state index < -0.39 is 0 Å². The Morgan fingerprint density at radius 2 is 2.15 bits per heavy atom. The molecule has 1 amide bonds. The lowest BCUT2D eigenvalue weighted by Crippen LogP contribution is -2.46. The predicted octanol–water partition coefficient (Wildman–Crippen LogP) is 3.80. The van der Waals surface area contributed by atoms with Crippen LogP contribution in [-0.2, 0) is 11.3 Å². The van der Waals surface area contributed by atoms with Gasteiger partial charge in [-0.3, -0.25) is 14.6 Å². The number of allylic oxidation sites excluding steroid dienone is 1. The van der Waals surface area contributed by atoms with E-state index in [0.717, 1.165) is 27.8 Å². The van der Waals surface area contributed by atoms with E-state index in [1.165, 1.54) is 0 Å². The minimum absolute atomic E-state index is 0.0731. The Hall–Kier alpha value is -2.49. The van der Waals surface area contributed by atoms with Crippen molar-refractivity contribution in [1.82, 2.24) is 9.80 Å². The molecule has 1 saturated heterocycles. The van der Waals surface area contributed by atoms with Crippen LogP contribution < -0.4 is 0 Å². The molecular formula is C20H19N3O2S. The minimum atomic E-state index is -0.149. The van der Waals surface area contributed by atoms with Gasteiger partial charge in [0, 0.05) is 12.3 Å². The molecule has 1 fully saturated rings. The summed E-state index contributed by atoms with van der Waals surface area (Å²) in [6, 6.07) is 14.2. The number of carbonyl (C=O) groups is 1. The number of carbonyl (C=O) groups excluding carboxylic acids is 1. The molecule has 2 aliphatic rings. The quantitative estimate of drug-likeness (QED) is 0.828. The third-order valence-corrected chi connectivity index (χ3v) is 6.08. The molecule has 0 aliphatic carbocycles. The van der Waals surface area contributed by atoms with E-state index >= 15 is 0 Å². The molecule has 1 unspecified atom stereocenters. The van der Waals surface area contributed by atoms with Crippen molar-refractivity contribution in [1.29, 1.82) is 5.26 Å². The van der Waals surface area contributed by atoms with Crippen LogP contribution >= 0.6 is 11.8 Å². The van der Waals surface area contributed by atoms with Gasteiger partial charge in [-0.1, -0.05) is 36.0 Å². The number of furan rings is 1. The maximum absolute atomic E-state index is 12.9. The highest BCUT2D eigenvalue weighted by Gasteiger charge is 2.38. The van der Waals surface area contributed by atoms with Crippen LogP contribution in [0.5, 0.6) is 0 Å². The Bertz CT molecular complexity index is 898. The molecule has 6 heteroatoms. The summed E-state index contributed by atoms with van der Waals surface area (Å²) in [7, 11) is 0. The smallest absolute Gasteiger partial charge is 0.229 e. The van der Waals surface area contributed by atoms with E-state index in [2.05, 4.69) is 11.0 Å². The van der Waals surface area contributed by atoms with Gasteiger partial charge in [-0.2, -0.15) is 5.26 Å². The topological polar surface area (TPSA) is 60.5 Å². The zero-order valence-corrected chi connectivity index (χ0v) is 15.3. The van der Waals surface area contributed by atoms with Crippen molar-refractivity contribution in [3.8, 4) is 6.07 Å². The van der Waals surface area contributed by atoms with E-state index in [9.17, 15) is 10.1 Å². The van der Waals surface area contributed by atoms with Crippen molar-refractivity contribution >= 4 is 17.7 Å².